The molecule has 0 atom stereocenters. The monoisotopic (exact) mass is 361 g/mol. The minimum absolute atomic E-state index is 0.0625. The maximum Gasteiger partial charge on any atom is 0.407 e. The first-order valence-electron chi connectivity index (χ1n) is 8.12. The quantitative estimate of drug-likeness (QED) is 0.568. The van der Waals surface area contributed by atoms with Crippen LogP contribution in [0.2, 0.25) is 0 Å². The molecule has 0 fully saturated rings. The summed E-state index contributed by atoms with van der Waals surface area (Å²) >= 11 is 0. The van der Waals surface area contributed by atoms with Gasteiger partial charge in [-0.15, -0.1) is 0 Å². The van der Waals surface area contributed by atoms with Crippen LogP contribution < -0.4 is 10.6 Å². The standard InChI is InChI=1S/C18H23N3O5/c1-18(2,3)26-17(24)20-9-5-8-16(23)25-12-15(22)21-14-7-4-6-13(10-14)11-19/h4,6-7,10H,5,8-9,12H2,1-3H3,(H,20,24)(H,21,22). The molecule has 0 aliphatic heterocycles. The van der Waals surface area contributed by atoms with Crippen LogP contribution in [0.25, 0.3) is 0 Å². The molecule has 0 unspecified atom stereocenters. The van der Waals surface area contributed by atoms with Crippen molar-refractivity contribution < 1.29 is 23.9 Å². The molecule has 0 aromatic heterocycles. The number of amides is 2. The maximum atomic E-state index is 11.7. The van der Waals surface area contributed by atoms with Crippen molar-refractivity contribution in [2.75, 3.05) is 18.5 Å². The van der Waals surface area contributed by atoms with Crippen molar-refractivity contribution in [3.63, 3.8) is 0 Å². The van der Waals surface area contributed by atoms with E-state index in [0.717, 1.165) is 0 Å². The summed E-state index contributed by atoms with van der Waals surface area (Å²) in [6.07, 6.45) is -0.124. The highest BCUT2D eigenvalue weighted by molar-refractivity contribution is 5.92. The van der Waals surface area contributed by atoms with Gasteiger partial charge in [0, 0.05) is 18.7 Å². The predicted octanol–water partition coefficient (Wildman–Crippen LogP) is 2.34. The number of nitriles is 1. The summed E-state index contributed by atoms with van der Waals surface area (Å²) in [4.78, 5) is 34.7. The Bertz CT molecular complexity index is 689. The van der Waals surface area contributed by atoms with Gasteiger partial charge in [-0.2, -0.15) is 5.26 Å². The van der Waals surface area contributed by atoms with Crippen LogP contribution in [0.1, 0.15) is 39.2 Å². The van der Waals surface area contributed by atoms with Gasteiger partial charge in [0.05, 0.1) is 11.6 Å². The number of rotatable bonds is 7. The Morgan fingerprint density at radius 3 is 2.62 bits per heavy atom. The smallest absolute Gasteiger partial charge is 0.407 e. The molecule has 0 aliphatic carbocycles. The van der Waals surface area contributed by atoms with Crippen molar-refractivity contribution in [3.8, 4) is 6.07 Å². The highest BCUT2D eigenvalue weighted by Crippen LogP contribution is 2.09. The van der Waals surface area contributed by atoms with Gasteiger partial charge in [0.2, 0.25) is 0 Å². The Balaban J connectivity index is 2.20. The molecule has 140 valence electrons. The average Bonchev–Trinajstić information content (AvgIpc) is 2.55. The van der Waals surface area contributed by atoms with E-state index in [0.29, 0.717) is 17.7 Å². The Morgan fingerprint density at radius 1 is 1.23 bits per heavy atom. The van der Waals surface area contributed by atoms with Crippen LogP contribution in [-0.4, -0.2) is 36.7 Å². The lowest BCUT2D eigenvalue weighted by molar-refractivity contribution is -0.147. The third kappa shape index (κ3) is 9.27. The molecule has 2 N–H and O–H groups in total. The first-order chi connectivity index (χ1) is 12.2. The zero-order valence-electron chi connectivity index (χ0n) is 15.1. The van der Waals surface area contributed by atoms with E-state index in [1.54, 1.807) is 39.0 Å². The van der Waals surface area contributed by atoms with Crippen molar-refractivity contribution in [3.05, 3.63) is 29.8 Å². The first kappa shape index (κ1) is 21.0. The molecule has 1 rings (SSSR count). The molecule has 8 nitrogen and oxygen atoms in total. The number of carbonyl (C=O) groups is 3. The molecular weight excluding hydrogens is 338 g/mol. The van der Waals surface area contributed by atoms with Crippen molar-refractivity contribution >= 4 is 23.7 Å². The molecule has 0 bridgehead atoms. The van der Waals surface area contributed by atoms with Crippen LogP contribution in [0.5, 0.6) is 0 Å². The van der Waals surface area contributed by atoms with E-state index in [1.165, 1.54) is 6.07 Å². The van der Waals surface area contributed by atoms with Crippen LogP contribution in [0.15, 0.2) is 24.3 Å². The number of carbonyl (C=O) groups excluding carboxylic acids is 3. The zero-order chi connectivity index (χ0) is 19.6. The number of hydrogen-bond donors (Lipinski definition) is 2. The van der Waals surface area contributed by atoms with E-state index < -0.39 is 30.2 Å². The molecule has 0 saturated carbocycles. The number of nitrogens with zero attached hydrogens (tertiary/aromatic N) is 1. The number of benzene rings is 1. The number of ether oxygens (including phenoxy) is 2. The van der Waals surface area contributed by atoms with Crippen molar-refractivity contribution in [1.82, 2.24) is 5.32 Å². The number of alkyl carbamates (subject to hydrolysis) is 1. The van der Waals surface area contributed by atoms with Crippen LogP contribution in [0.3, 0.4) is 0 Å². The summed E-state index contributed by atoms with van der Waals surface area (Å²) in [7, 11) is 0. The molecule has 26 heavy (non-hydrogen) atoms. The van der Waals surface area contributed by atoms with Gasteiger partial charge in [0.1, 0.15) is 5.60 Å². The summed E-state index contributed by atoms with van der Waals surface area (Å²) in [5, 5.41) is 13.9. The Hall–Kier alpha value is -3.08. The summed E-state index contributed by atoms with van der Waals surface area (Å²) in [6.45, 7) is 5.11. The van der Waals surface area contributed by atoms with Crippen LogP contribution in [-0.2, 0) is 19.1 Å². The van der Waals surface area contributed by atoms with Crippen molar-refractivity contribution in [2.24, 2.45) is 0 Å². The largest absolute Gasteiger partial charge is 0.456 e. The first-order valence-corrected chi connectivity index (χ1v) is 8.12. The zero-order valence-corrected chi connectivity index (χ0v) is 15.1. The van der Waals surface area contributed by atoms with Gasteiger partial charge in [-0.25, -0.2) is 4.79 Å². The van der Waals surface area contributed by atoms with Gasteiger partial charge >= 0.3 is 12.1 Å². The molecule has 1 aromatic carbocycles. The molecule has 0 aliphatic rings. The second-order valence-corrected chi connectivity index (χ2v) is 6.43. The lowest BCUT2D eigenvalue weighted by Gasteiger charge is -2.19. The minimum atomic E-state index is -0.580. The third-order valence-electron chi connectivity index (χ3n) is 2.87. The molecule has 0 heterocycles. The lowest BCUT2D eigenvalue weighted by Crippen LogP contribution is -2.33. The molecule has 8 heteroatoms. The van der Waals surface area contributed by atoms with Gasteiger partial charge in [0.25, 0.3) is 5.91 Å². The highest BCUT2D eigenvalue weighted by atomic mass is 16.6. The van der Waals surface area contributed by atoms with Crippen molar-refractivity contribution in [1.29, 1.82) is 5.26 Å². The number of nitrogens with one attached hydrogen (secondary N) is 2. The van der Waals surface area contributed by atoms with Crippen molar-refractivity contribution in [2.45, 2.75) is 39.2 Å². The number of hydrogen-bond acceptors (Lipinski definition) is 6. The van der Waals surface area contributed by atoms with Crippen LogP contribution >= 0.6 is 0 Å². The number of esters is 1. The average molecular weight is 361 g/mol. The van der Waals surface area contributed by atoms with Gasteiger partial charge in [-0.3, -0.25) is 9.59 Å². The molecule has 2 amide bonds. The molecular formula is C18H23N3O5. The van der Waals surface area contributed by atoms with E-state index in [9.17, 15) is 14.4 Å². The van der Waals surface area contributed by atoms with Gasteiger partial charge in [-0.1, -0.05) is 6.07 Å². The topological polar surface area (TPSA) is 118 Å². The fraction of sp³-hybridized carbons (Fsp3) is 0.444. The second kappa shape index (κ2) is 10.0. The summed E-state index contributed by atoms with van der Waals surface area (Å²) < 4.78 is 9.92. The third-order valence-corrected chi connectivity index (χ3v) is 2.87. The lowest BCUT2D eigenvalue weighted by atomic mass is 10.2. The second-order valence-electron chi connectivity index (χ2n) is 6.43. The predicted molar refractivity (Wildman–Crippen MR) is 94.2 cm³/mol. The van der Waals surface area contributed by atoms with E-state index in [1.807, 2.05) is 6.07 Å². The number of anilines is 1. The molecule has 0 radical (unpaired) electrons. The van der Waals surface area contributed by atoms with E-state index in [-0.39, 0.29) is 13.0 Å². The van der Waals surface area contributed by atoms with Gasteiger partial charge in [0.15, 0.2) is 6.61 Å². The van der Waals surface area contributed by atoms with E-state index in [4.69, 9.17) is 14.7 Å². The maximum absolute atomic E-state index is 11.7. The van der Waals surface area contributed by atoms with E-state index in [2.05, 4.69) is 10.6 Å². The van der Waals surface area contributed by atoms with E-state index >= 15 is 0 Å². The fourth-order valence-corrected chi connectivity index (χ4v) is 1.82. The van der Waals surface area contributed by atoms with Gasteiger partial charge in [-0.05, 0) is 45.4 Å². The summed E-state index contributed by atoms with van der Waals surface area (Å²) in [6, 6.07) is 8.36. The molecule has 0 spiro atoms. The van der Waals surface area contributed by atoms with Crippen LogP contribution in [0.4, 0.5) is 10.5 Å². The summed E-state index contributed by atoms with van der Waals surface area (Å²) in [5.74, 6) is -1.04. The Kier molecular flexibility index (Phi) is 8.09. The van der Waals surface area contributed by atoms with Crippen LogP contribution in [0, 0.1) is 11.3 Å². The fourth-order valence-electron chi connectivity index (χ4n) is 1.82. The molecule has 0 saturated heterocycles. The Morgan fingerprint density at radius 2 is 1.96 bits per heavy atom. The normalized spacial score (nSPS) is 10.4. The molecule has 1 aromatic rings. The van der Waals surface area contributed by atoms with Gasteiger partial charge < -0.3 is 20.1 Å². The SMILES string of the molecule is CC(C)(C)OC(=O)NCCCC(=O)OCC(=O)Nc1cccc(C#N)c1. The summed E-state index contributed by atoms with van der Waals surface area (Å²) in [5.41, 5.74) is 0.285. The minimum Gasteiger partial charge on any atom is -0.456 e. The Labute approximate surface area is 152 Å². The highest BCUT2D eigenvalue weighted by Gasteiger charge is 2.15.